The second-order valence-electron chi connectivity index (χ2n) is 9.32. The van der Waals surface area contributed by atoms with E-state index in [1.54, 1.807) is 12.3 Å². The van der Waals surface area contributed by atoms with Crippen molar-refractivity contribution in [3.63, 3.8) is 0 Å². The van der Waals surface area contributed by atoms with Crippen LogP contribution in [0.4, 0.5) is 11.4 Å². The van der Waals surface area contributed by atoms with E-state index in [1.807, 2.05) is 50.4 Å². The van der Waals surface area contributed by atoms with Crippen molar-refractivity contribution in [2.45, 2.75) is 13.8 Å². The van der Waals surface area contributed by atoms with Crippen molar-refractivity contribution in [3.05, 3.63) is 78.6 Å². The number of benzene rings is 2. The first-order valence-corrected chi connectivity index (χ1v) is 12.2. The van der Waals surface area contributed by atoms with Gasteiger partial charge >= 0.3 is 0 Å². The van der Waals surface area contributed by atoms with E-state index in [-0.39, 0.29) is 11.7 Å². The average Bonchev–Trinajstić information content (AvgIpc) is 3.34. The van der Waals surface area contributed by atoms with Crippen LogP contribution in [-0.2, 0) is 4.74 Å². The van der Waals surface area contributed by atoms with Crippen LogP contribution in [0, 0.1) is 11.3 Å². The summed E-state index contributed by atoms with van der Waals surface area (Å²) in [7, 11) is 0. The van der Waals surface area contributed by atoms with E-state index in [2.05, 4.69) is 38.7 Å². The Labute approximate surface area is 211 Å². The van der Waals surface area contributed by atoms with Gasteiger partial charge in [-0.25, -0.2) is 0 Å². The number of nitrogens with one attached hydrogen (secondary N) is 1. The van der Waals surface area contributed by atoms with Gasteiger partial charge in [-0.2, -0.15) is 0 Å². The Morgan fingerprint density at radius 3 is 2.36 bits per heavy atom. The molecular weight excluding hydrogens is 450 g/mol. The van der Waals surface area contributed by atoms with Gasteiger partial charge in [-0.3, -0.25) is 4.98 Å². The lowest BCUT2D eigenvalue weighted by Crippen LogP contribution is -2.36. The first-order chi connectivity index (χ1) is 17.4. The summed E-state index contributed by atoms with van der Waals surface area (Å²) in [4.78, 5) is 6.63. The van der Waals surface area contributed by atoms with Gasteiger partial charge in [0.1, 0.15) is 5.75 Å². The molecule has 36 heavy (non-hydrogen) atoms. The molecule has 1 aliphatic rings. The van der Waals surface area contributed by atoms with Crippen molar-refractivity contribution < 1.29 is 9.84 Å². The molecular formula is C29H31N5O2. The quantitative estimate of drug-likeness (QED) is 0.254. The maximum atomic E-state index is 11.0. The second kappa shape index (κ2) is 9.87. The number of ether oxygens (including phenoxy) is 1. The smallest absolute Gasteiger partial charge is 0.127 e. The van der Waals surface area contributed by atoms with Gasteiger partial charge < -0.3 is 30.5 Å². The fourth-order valence-electron chi connectivity index (χ4n) is 4.65. The van der Waals surface area contributed by atoms with Crippen LogP contribution in [0.3, 0.4) is 0 Å². The summed E-state index contributed by atoms with van der Waals surface area (Å²) >= 11 is 0. The third-order valence-corrected chi connectivity index (χ3v) is 6.63. The Bertz CT molecular complexity index is 1370. The predicted octanol–water partition coefficient (Wildman–Crippen LogP) is 5.35. The molecule has 0 radical (unpaired) electrons. The van der Waals surface area contributed by atoms with Gasteiger partial charge in [0, 0.05) is 71.0 Å². The Kier molecular flexibility index (Phi) is 6.48. The van der Waals surface area contributed by atoms with Gasteiger partial charge in [-0.15, -0.1) is 0 Å². The summed E-state index contributed by atoms with van der Waals surface area (Å²) in [6, 6.07) is 19.8. The van der Waals surface area contributed by atoms with Crippen LogP contribution < -0.4 is 10.6 Å². The van der Waals surface area contributed by atoms with Gasteiger partial charge in [0.25, 0.3) is 0 Å². The van der Waals surface area contributed by atoms with Crippen molar-refractivity contribution in [2.75, 3.05) is 36.9 Å². The van der Waals surface area contributed by atoms with Crippen LogP contribution in [0.15, 0.2) is 73.1 Å². The highest BCUT2D eigenvalue weighted by Crippen LogP contribution is 2.39. The third kappa shape index (κ3) is 4.45. The van der Waals surface area contributed by atoms with E-state index >= 15 is 0 Å². The minimum Gasteiger partial charge on any atom is -0.507 e. The zero-order valence-electron chi connectivity index (χ0n) is 20.6. The van der Waals surface area contributed by atoms with Crippen LogP contribution in [0.5, 0.6) is 5.75 Å². The molecule has 0 unspecified atom stereocenters. The molecule has 1 aliphatic heterocycles. The van der Waals surface area contributed by atoms with E-state index in [0.717, 1.165) is 54.6 Å². The number of phenols is 1. The molecule has 184 valence electrons. The number of hydrogen-bond acceptors (Lipinski definition) is 6. The molecule has 4 aromatic rings. The average molecular weight is 482 g/mol. The topological polar surface area (TPSA) is 100 Å². The molecule has 0 aliphatic carbocycles. The highest BCUT2D eigenvalue weighted by atomic mass is 16.5. The number of phenolic OH excluding ortho intramolecular Hbond substituents is 1. The first kappa shape index (κ1) is 23.6. The zero-order chi connectivity index (χ0) is 25.2. The number of hydrogen-bond donors (Lipinski definition) is 3. The fourth-order valence-corrected chi connectivity index (χ4v) is 4.65. The summed E-state index contributed by atoms with van der Waals surface area (Å²) < 4.78 is 7.61. The molecule has 0 bridgehead atoms. The minimum absolute atomic E-state index is 0.00941. The van der Waals surface area contributed by atoms with Crippen LogP contribution in [0.25, 0.3) is 28.2 Å². The molecule has 5 rings (SSSR count). The van der Waals surface area contributed by atoms with Crippen molar-refractivity contribution in [1.82, 2.24) is 9.55 Å². The van der Waals surface area contributed by atoms with E-state index in [0.29, 0.717) is 22.5 Å². The van der Waals surface area contributed by atoms with Crippen molar-refractivity contribution in [1.29, 1.82) is 5.41 Å². The van der Waals surface area contributed by atoms with Gasteiger partial charge in [0.2, 0.25) is 0 Å². The van der Waals surface area contributed by atoms with Gasteiger partial charge in [0.15, 0.2) is 0 Å². The molecule has 0 amide bonds. The minimum atomic E-state index is 0.00941. The third-order valence-electron chi connectivity index (χ3n) is 6.63. The van der Waals surface area contributed by atoms with Crippen molar-refractivity contribution >= 4 is 17.1 Å². The van der Waals surface area contributed by atoms with Crippen LogP contribution >= 0.6 is 0 Å². The van der Waals surface area contributed by atoms with Gasteiger partial charge in [-0.1, -0.05) is 13.8 Å². The normalized spacial score (nSPS) is 13.8. The maximum Gasteiger partial charge on any atom is 0.127 e. The summed E-state index contributed by atoms with van der Waals surface area (Å²) in [5.41, 5.74) is 13.1. The molecule has 0 spiro atoms. The largest absolute Gasteiger partial charge is 0.507 e. The molecule has 7 nitrogen and oxygen atoms in total. The van der Waals surface area contributed by atoms with Gasteiger partial charge in [-0.05, 0) is 60.5 Å². The Morgan fingerprint density at radius 2 is 1.69 bits per heavy atom. The summed E-state index contributed by atoms with van der Waals surface area (Å²) in [6.45, 7) is 7.15. The second-order valence-corrected chi connectivity index (χ2v) is 9.32. The van der Waals surface area contributed by atoms with E-state index in [1.165, 1.54) is 0 Å². The van der Waals surface area contributed by atoms with E-state index in [9.17, 15) is 5.11 Å². The standard InChI is InChI=1S/C29H31N5O2/c1-19(2)29(31)23-16-24(28(35)17-25(23)30)27-10-9-26(20-4-3-11-32-18-20)34(27)22-7-5-21(6-8-22)33-12-14-36-15-13-33/h3-11,16-19,31,35H,12-15,30H2,1-2H3. The molecule has 1 fully saturated rings. The maximum absolute atomic E-state index is 11.0. The summed E-state index contributed by atoms with van der Waals surface area (Å²) in [5.74, 6) is 0.0880. The molecule has 7 heteroatoms. The number of rotatable bonds is 6. The van der Waals surface area contributed by atoms with Crippen molar-refractivity contribution in [2.24, 2.45) is 5.92 Å². The monoisotopic (exact) mass is 481 g/mol. The number of nitrogen functional groups attached to an aromatic ring is 1. The molecule has 3 heterocycles. The van der Waals surface area contributed by atoms with Crippen LogP contribution in [0.1, 0.15) is 19.4 Å². The predicted molar refractivity (Wildman–Crippen MR) is 145 cm³/mol. The Balaban J connectivity index is 1.66. The lowest BCUT2D eigenvalue weighted by Gasteiger charge is -2.29. The number of aromatic nitrogens is 2. The van der Waals surface area contributed by atoms with E-state index < -0.39 is 0 Å². The number of aromatic hydroxyl groups is 1. The number of nitrogens with two attached hydrogens (primary N) is 1. The lowest BCUT2D eigenvalue weighted by molar-refractivity contribution is 0.122. The summed E-state index contributed by atoms with van der Waals surface area (Å²) in [6.07, 6.45) is 3.59. The van der Waals surface area contributed by atoms with Crippen LogP contribution in [0.2, 0.25) is 0 Å². The van der Waals surface area contributed by atoms with Crippen LogP contribution in [-0.4, -0.2) is 46.7 Å². The number of anilines is 2. The lowest BCUT2D eigenvalue weighted by atomic mass is 9.95. The van der Waals surface area contributed by atoms with Gasteiger partial charge in [0.05, 0.1) is 24.6 Å². The Morgan fingerprint density at radius 1 is 1.00 bits per heavy atom. The van der Waals surface area contributed by atoms with Crippen molar-refractivity contribution in [3.8, 4) is 34.0 Å². The molecule has 0 saturated carbocycles. The highest BCUT2D eigenvalue weighted by molar-refractivity contribution is 6.05. The fraction of sp³-hybridized carbons (Fsp3) is 0.241. The van der Waals surface area contributed by atoms with E-state index in [4.69, 9.17) is 15.9 Å². The number of nitrogens with zero attached hydrogens (tertiary/aromatic N) is 3. The SMILES string of the molecule is CC(C)C(=N)c1cc(-c2ccc(-c3cccnc3)n2-c2ccc(N3CCOCC3)cc2)c(O)cc1N. The summed E-state index contributed by atoms with van der Waals surface area (Å²) in [5, 5.41) is 19.5. The molecule has 2 aromatic heterocycles. The molecule has 2 aromatic carbocycles. The number of morpholine rings is 1. The molecule has 0 atom stereocenters. The zero-order valence-corrected chi connectivity index (χ0v) is 20.6. The first-order valence-electron chi connectivity index (χ1n) is 12.2. The number of pyridine rings is 1. The Hall–Kier alpha value is -4.10. The molecule has 1 saturated heterocycles. The molecule has 4 N–H and O–H groups in total. The highest BCUT2D eigenvalue weighted by Gasteiger charge is 2.20.